The van der Waals surface area contributed by atoms with Crippen LogP contribution in [0.1, 0.15) is 18.4 Å². The van der Waals surface area contributed by atoms with Gasteiger partial charge in [-0.25, -0.2) is 9.48 Å². The topological polar surface area (TPSA) is 67.6 Å². The number of ether oxygens (including phenoxy) is 1. The van der Waals surface area contributed by atoms with E-state index in [-0.39, 0.29) is 5.92 Å². The predicted octanol–water partition coefficient (Wildman–Crippen LogP) is 1.62. The van der Waals surface area contributed by atoms with Crippen LogP contribution in [0.3, 0.4) is 0 Å². The lowest BCUT2D eigenvalue weighted by atomic mass is 9.91. The Morgan fingerprint density at radius 1 is 1.33 bits per heavy atom. The minimum absolute atomic E-state index is 0.00380. The Kier molecular flexibility index (Phi) is 5.27. The number of benzene rings is 1. The predicted molar refractivity (Wildman–Crippen MR) is 89.6 cm³/mol. The van der Waals surface area contributed by atoms with Crippen LogP contribution in [0, 0.1) is 5.92 Å². The van der Waals surface area contributed by atoms with Crippen LogP contribution in [0.25, 0.3) is 5.69 Å². The van der Waals surface area contributed by atoms with Gasteiger partial charge >= 0.3 is 5.97 Å². The van der Waals surface area contributed by atoms with Crippen molar-refractivity contribution >= 4 is 5.97 Å². The number of hydrogen-bond acceptors (Lipinski definition) is 5. The molecule has 1 saturated heterocycles. The smallest absolute Gasteiger partial charge is 0.334 e. The van der Waals surface area contributed by atoms with Crippen LogP contribution in [-0.2, 0) is 16.1 Å². The van der Waals surface area contributed by atoms with Gasteiger partial charge in [-0.05, 0) is 55.6 Å². The second kappa shape index (κ2) is 7.59. The van der Waals surface area contributed by atoms with Crippen molar-refractivity contribution in [1.82, 2.24) is 14.7 Å². The van der Waals surface area contributed by atoms with Crippen molar-refractivity contribution in [2.45, 2.75) is 25.5 Å². The van der Waals surface area contributed by atoms with Gasteiger partial charge in [-0.1, -0.05) is 12.1 Å². The van der Waals surface area contributed by atoms with Gasteiger partial charge in [0.25, 0.3) is 0 Å². The Morgan fingerprint density at radius 3 is 2.62 bits per heavy atom. The molecule has 24 heavy (non-hydrogen) atoms. The summed E-state index contributed by atoms with van der Waals surface area (Å²) in [7, 11) is 1.31. The quantitative estimate of drug-likeness (QED) is 0.844. The first kappa shape index (κ1) is 16.7. The molecule has 0 aliphatic carbocycles. The number of carbonyl (C=O) groups is 1. The molecule has 0 bridgehead atoms. The van der Waals surface area contributed by atoms with Gasteiger partial charge in [0.2, 0.25) is 0 Å². The first-order valence-corrected chi connectivity index (χ1v) is 8.24. The molecule has 1 atom stereocenters. The summed E-state index contributed by atoms with van der Waals surface area (Å²) in [5, 5.41) is 14.2. The molecule has 1 N–H and O–H groups in total. The lowest BCUT2D eigenvalue weighted by molar-refractivity contribution is -0.154. The standard InChI is InChI=1S/C18H23N3O3/c1-24-18(23)17(22)15-7-11-20(12-8-15)13-14-3-5-16(6-4-14)21-10-2-9-19-21/h2-6,9-10,15,17,22H,7-8,11-13H2,1H3. The molecule has 1 aliphatic heterocycles. The van der Waals surface area contributed by atoms with E-state index in [1.54, 1.807) is 6.20 Å². The molecule has 6 heteroatoms. The second-order valence-electron chi connectivity index (χ2n) is 6.20. The van der Waals surface area contributed by atoms with Crippen LogP contribution in [-0.4, -0.2) is 52.1 Å². The van der Waals surface area contributed by atoms with E-state index >= 15 is 0 Å². The Morgan fingerprint density at radius 2 is 2.04 bits per heavy atom. The van der Waals surface area contributed by atoms with Crippen molar-refractivity contribution in [3.8, 4) is 5.69 Å². The van der Waals surface area contributed by atoms with Gasteiger partial charge in [0, 0.05) is 18.9 Å². The zero-order chi connectivity index (χ0) is 16.9. The summed E-state index contributed by atoms with van der Waals surface area (Å²) in [6.45, 7) is 2.62. The molecule has 1 aromatic heterocycles. The van der Waals surface area contributed by atoms with Crippen molar-refractivity contribution in [3.05, 3.63) is 48.3 Å². The molecule has 1 unspecified atom stereocenters. The molecule has 1 aliphatic rings. The first-order chi connectivity index (χ1) is 11.7. The monoisotopic (exact) mass is 329 g/mol. The number of piperidine rings is 1. The fraction of sp³-hybridized carbons (Fsp3) is 0.444. The highest BCUT2D eigenvalue weighted by molar-refractivity contribution is 5.74. The summed E-state index contributed by atoms with van der Waals surface area (Å²) in [6.07, 6.45) is 4.31. The number of esters is 1. The Hall–Kier alpha value is -2.18. The second-order valence-corrected chi connectivity index (χ2v) is 6.20. The van der Waals surface area contributed by atoms with Gasteiger partial charge in [-0.15, -0.1) is 0 Å². The fourth-order valence-corrected chi connectivity index (χ4v) is 3.17. The minimum atomic E-state index is -0.995. The summed E-state index contributed by atoms with van der Waals surface area (Å²) < 4.78 is 6.46. The number of methoxy groups -OCH3 is 1. The highest BCUT2D eigenvalue weighted by atomic mass is 16.5. The van der Waals surface area contributed by atoms with E-state index in [4.69, 9.17) is 0 Å². The fourth-order valence-electron chi connectivity index (χ4n) is 3.17. The number of likely N-dealkylation sites (tertiary alicyclic amines) is 1. The lowest BCUT2D eigenvalue weighted by Crippen LogP contribution is -2.40. The normalized spacial score (nSPS) is 17.6. The van der Waals surface area contributed by atoms with Gasteiger partial charge in [0.05, 0.1) is 12.8 Å². The molecule has 0 spiro atoms. The molecule has 3 rings (SSSR count). The third-order valence-electron chi connectivity index (χ3n) is 4.63. The molecule has 6 nitrogen and oxygen atoms in total. The number of aromatic nitrogens is 2. The number of aliphatic hydroxyl groups excluding tert-OH is 1. The number of carbonyl (C=O) groups excluding carboxylic acids is 1. The maximum Gasteiger partial charge on any atom is 0.334 e. The Balaban J connectivity index is 1.52. The van der Waals surface area contributed by atoms with Crippen molar-refractivity contribution < 1.29 is 14.6 Å². The van der Waals surface area contributed by atoms with Crippen molar-refractivity contribution in [2.24, 2.45) is 5.92 Å². The van der Waals surface area contributed by atoms with Crippen molar-refractivity contribution in [2.75, 3.05) is 20.2 Å². The molecular formula is C18H23N3O3. The first-order valence-electron chi connectivity index (χ1n) is 8.24. The highest BCUT2D eigenvalue weighted by Gasteiger charge is 2.30. The molecule has 2 heterocycles. The molecule has 0 radical (unpaired) electrons. The minimum Gasteiger partial charge on any atom is -0.467 e. The average Bonchev–Trinajstić information content (AvgIpc) is 3.16. The molecule has 0 amide bonds. The van der Waals surface area contributed by atoms with E-state index in [9.17, 15) is 9.90 Å². The van der Waals surface area contributed by atoms with E-state index in [0.717, 1.165) is 38.2 Å². The molecule has 0 saturated carbocycles. The number of rotatable bonds is 5. The maximum atomic E-state index is 11.4. The van der Waals surface area contributed by atoms with Crippen molar-refractivity contribution in [3.63, 3.8) is 0 Å². The number of nitrogens with zero attached hydrogens (tertiary/aromatic N) is 3. The van der Waals surface area contributed by atoms with Gasteiger partial charge < -0.3 is 9.84 Å². The van der Waals surface area contributed by atoms with E-state index < -0.39 is 12.1 Å². The van der Waals surface area contributed by atoms with E-state index in [1.165, 1.54) is 12.7 Å². The van der Waals surface area contributed by atoms with Crippen LogP contribution < -0.4 is 0 Å². The number of aliphatic hydroxyl groups is 1. The van der Waals surface area contributed by atoms with Crippen LogP contribution in [0.4, 0.5) is 0 Å². The third kappa shape index (κ3) is 3.83. The summed E-state index contributed by atoms with van der Waals surface area (Å²) in [5.74, 6) is -0.529. The zero-order valence-electron chi connectivity index (χ0n) is 13.8. The highest BCUT2D eigenvalue weighted by Crippen LogP contribution is 2.23. The van der Waals surface area contributed by atoms with E-state index in [2.05, 4.69) is 39.0 Å². The lowest BCUT2D eigenvalue weighted by Gasteiger charge is -2.33. The van der Waals surface area contributed by atoms with Gasteiger partial charge in [-0.3, -0.25) is 4.90 Å². The summed E-state index contributed by atoms with van der Waals surface area (Å²) in [4.78, 5) is 13.8. The SMILES string of the molecule is COC(=O)C(O)C1CCN(Cc2ccc(-n3cccn3)cc2)CC1. The van der Waals surface area contributed by atoms with E-state index in [1.807, 2.05) is 16.9 Å². The molecule has 2 aromatic rings. The molecule has 1 aromatic carbocycles. The summed E-state index contributed by atoms with van der Waals surface area (Å²) >= 11 is 0. The van der Waals surface area contributed by atoms with Gasteiger partial charge in [0.1, 0.15) is 0 Å². The average molecular weight is 329 g/mol. The maximum absolute atomic E-state index is 11.4. The largest absolute Gasteiger partial charge is 0.467 e. The van der Waals surface area contributed by atoms with Crippen molar-refractivity contribution in [1.29, 1.82) is 0 Å². The van der Waals surface area contributed by atoms with Crippen LogP contribution in [0.5, 0.6) is 0 Å². The van der Waals surface area contributed by atoms with Crippen LogP contribution >= 0.6 is 0 Å². The Labute approximate surface area is 141 Å². The molecular weight excluding hydrogens is 306 g/mol. The van der Waals surface area contributed by atoms with Crippen LogP contribution in [0.15, 0.2) is 42.7 Å². The van der Waals surface area contributed by atoms with E-state index in [0.29, 0.717) is 0 Å². The van der Waals surface area contributed by atoms with Crippen LogP contribution in [0.2, 0.25) is 0 Å². The molecule has 128 valence electrons. The van der Waals surface area contributed by atoms with Gasteiger partial charge in [-0.2, -0.15) is 5.10 Å². The third-order valence-corrected chi connectivity index (χ3v) is 4.63. The zero-order valence-corrected chi connectivity index (χ0v) is 13.8. The number of hydrogen-bond donors (Lipinski definition) is 1. The summed E-state index contributed by atoms with van der Waals surface area (Å²) in [5.41, 5.74) is 2.29. The summed E-state index contributed by atoms with van der Waals surface area (Å²) in [6, 6.07) is 10.3. The Bertz CT molecular complexity index is 647. The van der Waals surface area contributed by atoms with Gasteiger partial charge in [0.15, 0.2) is 6.10 Å². The molecule has 1 fully saturated rings.